The number of ether oxygens (including phenoxy) is 1. The van der Waals surface area contributed by atoms with Crippen LogP contribution in [0, 0.1) is 0 Å². The van der Waals surface area contributed by atoms with Gasteiger partial charge in [0.2, 0.25) is 5.82 Å². The molecular formula is C15H10F2N2O3S2. The Morgan fingerprint density at radius 2 is 2.08 bits per heavy atom. The summed E-state index contributed by atoms with van der Waals surface area (Å²) >= 11 is 1.92. The van der Waals surface area contributed by atoms with E-state index in [4.69, 9.17) is 9.26 Å². The third kappa shape index (κ3) is 4.18. The molecule has 3 rings (SSSR count). The van der Waals surface area contributed by atoms with Gasteiger partial charge in [0.25, 0.3) is 11.6 Å². The van der Waals surface area contributed by atoms with Crippen LogP contribution < -0.4 is 0 Å². The minimum absolute atomic E-state index is 0.139. The maximum Gasteiger partial charge on any atom is 0.338 e. The molecule has 3 aromatic rings. The summed E-state index contributed by atoms with van der Waals surface area (Å²) in [6.45, 7) is -0.139. The number of rotatable bonds is 6. The second-order valence-corrected chi connectivity index (χ2v) is 6.35. The number of hydrogen-bond donors (Lipinski definition) is 0. The summed E-state index contributed by atoms with van der Waals surface area (Å²) in [6, 6.07) is 7.58. The Morgan fingerprint density at radius 3 is 2.75 bits per heavy atom. The molecule has 0 saturated heterocycles. The van der Waals surface area contributed by atoms with Crippen LogP contribution in [-0.2, 0) is 11.3 Å². The zero-order valence-corrected chi connectivity index (χ0v) is 13.7. The molecule has 5 nitrogen and oxygen atoms in total. The summed E-state index contributed by atoms with van der Waals surface area (Å²) in [5.41, 5.74) is 1.06. The van der Waals surface area contributed by atoms with E-state index in [1.54, 1.807) is 0 Å². The van der Waals surface area contributed by atoms with Crippen molar-refractivity contribution >= 4 is 29.1 Å². The molecule has 2 heterocycles. The number of thioether (sulfide) groups is 1. The van der Waals surface area contributed by atoms with E-state index in [-0.39, 0.29) is 18.0 Å². The smallest absolute Gasteiger partial charge is 0.338 e. The SMILES string of the molecule is O=C(OCc1noc(-c2ccsc2)n1)c1ccc(SC(F)F)cc1. The van der Waals surface area contributed by atoms with Gasteiger partial charge in [-0.2, -0.15) is 25.1 Å². The highest BCUT2D eigenvalue weighted by molar-refractivity contribution is 7.99. The fraction of sp³-hybridized carbons (Fsp3) is 0.133. The largest absolute Gasteiger partial charge is 0.454 e. The molecule has 0 aliphatic heterocycles. The summed E-state index contributed by atoms with van der Waals surface area (Å²) in [5.74, 6) is -2.49. The minimum atomic E-state index is -2.50. The van der Waals surface area contributed by atoms with E-state index in [1.165, 1.54) is 35.6 Å². The summed E-state index contributed by atoms with van der Waals surface area (Å²) in [4.78, 5) is 16.4. The van der Waals surface area contributed by atoms with E-state index in [0.29, 0.717) is 22.5 Å². The van der Waals surface area contributed by atoms with E-state index in [9.17, 15) is 13.6 Å². The Labute approximate surface area is 143 Å². The standard InChI is InChI=1S/C15H10F2N2O3S2/c16-15(17)24-11-3-1-9(2-4-11)14(20)21-7-12-18-13(22-19-12)10-5-6-23-8-10/h1-6,8,15H,7H2. The zero-order chi connectivity index (χ0) is 16.9. The molecule has 2 aromatic heterocycles. The zero-order valence-electron chi connectivity index (χ0n) is 12.0. The van der Waals surface area contributed by atoms with Crippen molar-refractivity contribution in [2.24, 2.45) is 0 Å². The number of alkyl halides is 2. The third-order valence-electron chi connectivity index (χ3n) is 2.88. The molecule has 0 unspecified atom stereocenters. The van der Waals surface area contributed by atoms with Crippen molar-refractivity contribution in [1.82, 2.24) is 10.1 Å². The summed E-state index contributed by atoms with van der Waals surface area (Å²) in [5, 5.41) is 7.49. The first-order chi connectivity index (χ1) is 11.6. The van der Waals surface area contributed by atoms with Crippen LogP contribution >= 0.6 is 23.1 Å². The van der Waals surface area contributed by atoms with Crippen molar-refractivity contribution in [3.63, 3.8) is 0 Å². The number of hydrogen-bond acceptors (Lipinski definition) is 7. The van der Waals surface area contributed by atoms with Gasteiger partial charge in [-0.1, -0.05) is 16.9 Å². The Kier molecular flexibility index (Phi) is 5.21. The fourth-order valence-corrected chi connectivity index (χ4v) is 2.93. The highest BCUT2D eigenvalue weighted by atomic mass is 32.2. The maximum absolute atomic E-state index is 12.2. The van der Waals surface area contributed by atoms with Gasteiger partial charge in [-0.05, 0) is 35.7 Å². The van der Waals surface area contributed by atoms with Crippen molar-refractivity contribution in [1.29, 1.82) is 0 Å². The molecule has 0 saturated carbocycles. The van der Waals surface area contributed by atoms with Gasteiger partial charge >= 0.3 is 5.97 Å². The van der Waals surface area contributed by atoms with Crippen LogP contribution in [0.2, 0.25) is 0 Å². The van der Waals surface area contributed by atoms with Crippen molar-refractivity contribution in [2.75, 3.05) is 0 Å². The Bertz CT molecular complexity index is 805. The van der Waals surface area contributed by atoms with Crippen LogP contribution in [0.25, 0.3) is 11.5 Å². The molecule has 1 aromatic carbocycles. The molecular weight excluding hydrogens is 358 g/mol. The molecule has 0 fully saturated rings. The van der Waals surface area contributed by atoms with Gasteiger partial charge in [-0.15, -0.1) is 0 Å². The number of esters is 1. The molecule has 0 atom stereocenters. The number of carbonyl (C=O) groups excluding carboxylic acids is 1. The van der Waals surface area contributed by atoms with Crippen molar-refractivity contribution < 1.29 is 22.8 Å². The van der Waals surface area contributed by atoms with Crippen LogP contribution in [0.5, 0.6) is 0 Å². The third-order valence-corrected chi connectivity index (χ3v) is 4.29. The first-order valence-electron chi connectivity index (χ1n) is 6.69. The van der Waals surface area contributed by atoms with E-state index in [2.05, 4.69) is 10.1 Å². The molecule has 0 aliphatic carbocycles. The van der Waals surface area contributed by atoms with E-state index in [0.717, 1.165) is 5.56 Å². The predicted octanol–water partition coefficient (Wildman–Crippen LogP) is 4.47. The molecule has 0 amide bonds. The van der Waals surface area contributed by atoms with Gasteiger partial charge in [-0.25, -0.2) is 4.79 Å². The topological polar surface area (TPSA) is 65.2 Å². The second kappa shape index (κ2) is 7.54. The highest BCUT2D eigenvalue weighted by Crippen LogP contribution is 2.25. The average molecular weight is 368 g/mol. The fourth-order valence-electron chi connectivity index (χ4n) is 1.80. The quantitative estimate of drug-likeness (QED) is 0.472. The number of halogens is 2. The van der Waals surface area contributed by atoms with Crippen LogP contribution in [-0.4, -0.2) is 21.9 Å². The second-order valence-electron chi connectivity index (χ2n) is 4.51. The first kappa shape index (κ1) is 16.6. The van der Waals surface area contributed by atoms with Crippen LogP contribution in [0.1, 0.15) is 16.2 Å². The average Bonchev–Trinajstić information content (AvgIpc) is 3.24. The van der Waals surface area contributed by atoms with Gasteiger partial charge in [0.1, 0.15) is 0 Å². The molecule has 0 aliphatic rings. The van der Waals surface area contributed by atoms with Gasteiger partial charge in [0.15, 0.2) is 6.61 Å². The van der Waals surface area contributed by atoms with Crippen LogP contribution in [0.4, 0.5) is 8.78 Å². The molecule has 0 N–H and O–H groups in total. The number of thiophene rings is 1. The predicted molar refractivity (Wildman–Crippen MR) is 85.0 cm³/mol. The molecule has 24 heavy (non-hydrogen) atoms. The number of nitrogens with zero attached hydrogens (tertiary/aromatic N) is 2. The summed E-state index contributed by atoms with van der Waals surface area (Å²) in [6.07, 6.45) is 0. The molecule has 9 heteroatoms. The lowest BCUT2D eigenvalue weighted by Crippen LogP contribution is -2.06. The van der Waals surface area contributed by atoms with E-state index >= 15 is 0 Å². The van der Waals surface area contributed by atoms with Gasteiger partial charge in [0, 0.05) is 10.3 Å². The summed E-state index contributed by atoms with van der Waals surface area (Å²) < 4.78 is 34.7. The number of aromatic nitrogens is 2. The van der Waals surface area contributed by atoms with Crippen LogP contribution in [0.3, 0.4) is 0 Å². The van der Waals surface area contributed by atoms with Crippen molar-refractivity contribution in [2.45, 2.75) is 17.3 Å². The van der Waals surface area contributed by atoms with Gasteiger partial charge in [0.05, 0.1) is 11.1 Å². The van der Waals surface area contributed by atoms with E-state index < -0.39 is 11.7 Å². The van der Waals surface area contributed by atoms with Gasteiger partial charge < -0.3 is 9.26 Å². The maximum atomic E-state index is 12.2. The monoisotopic (exact) mass is 368 g/mol. The van der Waals surface area contributed by atoms with Crippen molar-refractivity contribution in [3.05, 3.63) is 52.5 Å². The molecule has 0 radical (unpaired) electrons. The Hall–Kier alpha value is -2.26. The Morgan fingerprint density at radius 1 is 1.29 bits per heavy atom. The van der Waals surface area contributed by atoms with Crippen LogP contribution in [0.15, 0.2) is 50.5 Å². The molecule has 0 bridgehead atoms. The van der Waals surface area contributed by atoms with Crippen molar-refractivity contribution in [3.8, 4) is 11.5 Å². The first-order valence-corrected chi connectivity index (χ1v) is 8.51. The highest BCUT2D eigenvalue weighted by Gasteiger charge is 2.13. The number of carbonyl (C=O) groups is 1. The lowest BCUT2D eigenvalue weighted by molar-refractivity contribution is 0.0459. The Balaban J connectivity index is 1.57. The molecule has 0 spiro atoms. The summed E-state index contributed by atoms with van der Waals surface area (Å²) in [7, 11) is 0. The minimum Gasteiger partial charge on any atom is -0.454 e. The molecule has 124 valence electrons. The van der Waals surface area contributed by atoms with Gasteiger partial charge in [-0.3, -0.25) is 0 Å². The lowest BCUT2D eigenvalue weighted by Gasteiger charge is -2.03. The van der Waals surface area contributed by atoms with E-state index in [1.807, 2.05) is 16.8 Å². The lowest BCUT2D eigenvalue weighted by atomic mass is 10.2. The normalized spacial score (nSPS) is 11.0. The number of benzene rings is 1.